The zero-order chi connectivity index (χ0) is 27.5. The number of aromatic carboxylic acids is 1. The van der Waals surface area contributed by atoms with Crippen molar-refractivity contribution in [1.29, 1.82) is 0 Å². The Morgan fingerprint density at radius 2 is 1.85 bits per heavy atom. The summed E-state index contributed by atoms with van der Waals surface area (Å²) in [7, 11) is 0. The monoisotopic (exact) mass is 576 g/mol. The van der Waals surface area contributed by atoms with Crippen LogP contribution in [0.1, 0.15) is 84.5 Å². The predicted molar refractivity (Wildman–Crippen MR) is 148 cm³/mol. The van der Waals surface area contributed by atoms with E-state index in [1.807, 2.05) is 6.07 Å². The molecule has 0 spiro atoms. The summed E-state index contributed by atoms with van der Waals surface area (Å²) in [6.07, 6.45) is 14.1. The molecule has 4 saturated carbocycles. The first-order valence-electron chi connectivity index (χ1n) is 13.5. The van der Waals surface area contributed by atoms with Gasteiger partial charge in [0.25, 0.3) is 0 Å². The molecule has 0 amide bonds. The van der Waals surface area contributed by atoms with Gasteiger partial charge in [0.05, 0.1) is 34.0 Å². The van der Waals surface area contributed by atoms with E-state index in [1.165, 1.54) is 6.20 Å². The summed E-state index contributed by atoms with van der Waals surface area (Å²) in [5.41, 5.74) is 3.48. The second-order valence-corrected chi connectivity index (χ2v) is 12.1. The van der Waals surface area contributed by atoms with Gasteiger partial charge >= 0.3 is 5.97 Å². The van der Waals surface area contributed by atoms with Crippen LogP contribution in [0.15, 0.2) is 41.4 Å². The summed E-state index contributed by atoms with van der Waals surface area (Å²) in [6, 6.07) is 3.68. The molecule has 4 aromatic rings. The maximum absolute atomic E-state index is 11.5. The first-order valence-corrected chi connectivity index (χ1v) is 14.3. The highest BCUT2D eigenvalue weighted by Crippen LogP contribution is 2.54. The van der Waals surface area contributed by atoms with Gasteiger partial charge in [0, 0.05) is 46.6 Å². The van der Waals surface area contributed by atoms with Gasteiger partial charge in [-0.2, -0.15) is 5.10 Å². The third kappa shape index (κ3) is 4.46. The molecule has 0 saturated heterocycles. The molecule has 0 atom stereocenters. The van der Waals surface area contributed by atoms with Gasteiger partial charge in [-0.3, -0.25) is 4.98 Å². The lowest BCUT2D eigenvalue weighted by molar-refractivity contribution is -0.131. The molecule has 10 heteroatoms. The summed E-state index contributed by atoms with van der Waals surface area (Å²) in [5, 5.41) is 18.8. The molecular weight excluding hydrogens is 551 g/mol. The van der Waals surface area contributed by atoms with Gasteiger partial charge in [0.1, 0.15) is 17.0 Å². The second kappa shape index (κ2) is 9.62. The number of carboxylic acids is 1. The minimum absolute atomic E-state index is 0.0489. The molecular formula is C30H26Cl2N4O4. The summed E-state index contributed by atoms with van der Waals surface area (Å²) in [6.45, 7) is 0.398. The second-order valence-electron chi connectivity index (χ2n) is 11.2. The fraction of sp³-hybridized carbons (Fsp3) is 0.400. The van der Waals surface area contributed by atoms with Crippen LogP contribution in [0, 0.1) is 17.3 Å². The highest BCUT2D eigenvalue weighted by molar-refractivity contribution is 6.38. The maximum Gasteiger partial charge on any atom is 0.339 e. The standard InChI is InChI=1S/C30H26Cl2N4O4/c31-22-15-33-16-23(32)25(22)26-21(27(40-35-26)19-1-2-19)17-39-30-9-6-29(7-10-30,8-11-30)5-3-18-4-12-36-24(13-18)20(14-34-36)28(37)38/h4,12-16,19H,1-2,6-11,17H2,(H,37,38). The number of pyridine rings is 2. The van der Waals surface area contributed by atoms with Crippen molar-refractivity contribution in [2.24, 2.45) is 5.41 Å². The number of nitrogens with zero attached hydrogens (tertiary/aromatic N) is 4. The van der Waals surface area contributed by atoms with Crippen molar-refractivity contribution in [1.82, 2.24) is 19.8 Å². The minimum atomic E-state index is -0.996. The Labute approximate surface area is 240 Å². The van der Waals surface area contributed by atoms with Crippen molar-refractivity contribution in [3.05, 3.63) is 69.4 Å². The van der Waals surface area contributed by atoms with Crippen molar-refractivity contribution < 1.29 is 19.2 Å². The third-order valence-corrected chi connectivity index (χ3v) is 9.35. The first-order chi connectivity index (χ1) is 19.4. The lowest BCUT2D eigenvalue weighted by Gasteiger charge is -2.51. The Morgan fingerprint density at radius 3 is 2.52 bits per heavy atom. The van der Waals surface area contributed by atoms with E-state index in [2.05, 4.69) is 27.1 Å². The predicted octanol–water partition coefficient (Wildman–Crippen LogP) is 6.93. The van der Waals surface area contributed by atoms with E-state index >= 15 is 0 Å². The zero-order valence-electron chi connectivity index (χ0n) is 21.6. The lowest BCUT2D eigenvalue weighted by atomic mass is 9.59. The summed E-state index contributed by atoms with van der Waals surface area (Å²) in [5.74, 6) is 7.15. The van der Waals surface area contributed by atoms with Crippen LogP contribution in [0.25, 0.3) is 16.8 Å². The topological polar surface area (TPSA) is 103 Å². The Kier molecular flexibility index (Phi) is 6.15. The fourth-order valence-electron chi connectivity index (χ4n) is 6.17. The van der Waals surface area contributed by atoms with Crippen molar-refractivity contribution in [3.8, 4) is 23.1 Å². The molecule has 40 heavy (non-hydrogen) atoms. The Hall–Kier alpha value is -3.38. The normalized spacial score (nSPS) is 23.8. The van der Waals surface area contributed by atoms with Crippen LogP contribution in [-0.4, -0.2) is 36.4 Å². The molecule has 0 aliphatic heterocycles. The molecule has 8 rings (SSSR count). The Morgan fingerprint density at radius 1 is 1.12 bits per heavy atom. The smallest absolute Gasteiger partial charge is 0.339 e. The van der Waals surface area contributed by atoms with Crippen LogP contribution < -0.4 is 0 Å². The number of halogens is 2. The van der Waals surface area contributed by atoms with E-state index in [-0.39, 0.29) is 16.6 Å². The number of ether oxygens (including phenoxy) is 1. The van der Waals surface area contributed by atoms with E-state index in [0.29, 0.717) is 39.3 Å². The van der Waals surface area contributed by atoms with E-state index in [4.69, 9.17) is 32.5 Å². The van der Waals surface area contributed by atoms with Crippen molar-refractivity contribution in [2.45, 2.75) is 69.5 Å². The average Bonchev–Trinajstić information content (AvgIpc) is 3.58. The Balaban J connectivity index is 1.08. The maximum atomic E-state index is 11.5. The van der Waals surface area contributed by atoms with Gasteiger partial charge in [-0.05, 0) is 63.5 Å². The van der Waals surface area contributed by atoms with Crippen molar-refractivity contribution in [2.75, 3.05) is 0 Å². The van der Waals surface area contributed by atoms with Crippen LogP contribution >= 0.6 is 23.2 Å². The van der Waals surface area contributed by atoms with Crippen molar-refractivity contribution in [3.63, 3.8) is 0 Å². The number of carbonyl (C=O) groups is 1. The van der Waals surface area contributed by atoms with Crippen molar-refractivity contribution >= 4 is 34.7 Å². The van der Waals surface area contributed by atoms with Gasteiger partial charge in [-0.1, -0.05) is 40.2 Å². The zero-order valence-corrected chi connectivity index (χ0v) is 23.1. The summed E-state index contributed by atoms with van der Waals surface area (Å²) in [4.78, 5) is 15.6. The van der Waals surface area contributed by atoms with Gasteiger partial charge in [-0.15, -0.1) is 0 Å². The third-order valence-electron chi connectivity index (χ3n) is 8.78. The van der Waals surface area contributed by atoms with Gasteiger partial charge < -0.3 is 14.4 Å². The first kappa shape index (κ1) is 25.6. The fourth-order valence-corrected chi connectivity index (χ4v) is 6.71. The highest BCUT2D eigenvalue weighted by Gasteiger charge is 2.49. The molecule has 8 nitrogen and oxygen atoms in total. The van der Waals surface area contributed by atoms with E-state index < -0.39 is 5.97 Å². The number of rotatable bonds is 6. The number of fused-ring (bicyclic) bond motifs is 4. The molecule has 1 N–H and O–H groups in total. The van der Waals surface area contributed by atoms with E-state index in [1.54, 1.807) is 29.2 Å². The van der Waals surface area contributed by atoms with Crippen LogP contribution in [0.2, 0.25) is 10.0 Å². The van der Waals surface area contributed by atoms with Gasteiger partial charge in [0.2, 0.25) is 0 Å². The number of hydrogen-bond acceptors (Lipinski definition) is 6. The van der Waals surface area contributed by atoms with Gasteiger partial charge in [-0.25, -0.2) is 9.31 Å². The number of aromatic nitrogens is 4. The molecule has 4 fully saturated rings. The van der Waals surface area contributed by atoms with Crippen LogP contribution in [0.3, 0.4) is 0 Å². The molecule has 4 aliphatic carbocycles. The molecule has 4 aliphatic rings. The largest absolute Gasteiger partial charge is 0.478 e. The molecule has 0 aromatic carbocycles. The minimum Gasteiger partial charge on any atom is -0.478 e. The van der Waals surface area contributed by atoms with Crippen LogP contribution in [0.5, 0.6) is 0 Å². The SMILES string of the molecule is O=C(O)c1cnn2ccc(C#CC34CCC(OCc5c(-c6c(Cl)cncc6Cl)noc5C5CC5)(CC3)CC4)cc12. The molecule has 204 valence electrons. The van der Waals surface area contributed by atoms with Crippen LogP contribution in [0.4, 0.5) is 0 Å². The molecule has 2 bridgehead atoms. The lowest BCUT2D eigenvalue weighted by Crippen LogP contribution is -2.47. The molecule has 4 heterocycles. The molecule has 0 unspecified atom stereocenters. The molecule has 0 radical (unpaired) electrons. The van der Waals surface area contributed by atoms with Crippen LogP contribution in [-0.2, 0) is 11.3 Å². The van der Waals surface area contributed by atoms with E-state index in [9.17, 15) is 9.90 Å². The average molecular weight is 577 g/mol. The number of hydrogen-bond donors (Lipinski definition) is 1. The quantitative estimate of drug-likeness (QED) is 0.248. The number of carboxylic acid groups (broad SMARTS) is 1. The summed E-state index contributed by atoms with van der Waals surface area (Å²) >= 11 is 12.9. The molecule has 4 aromatic heterocycles. The highest BCUT2D eigenvalue weighted by atomic mass is 35.5. The Bertz CT molecular complexity index is 1670. The van der Waals surface area contributed by atoms with Gasteiger partial charge in [0.15, 0.2) is 0 Å². The summed E-state index contributed by atoms with van der Waals surface area (Å²) < 4.78 is 14.1. The van der Waals surface area contributed by atoms with E-state index in [0.717, 1.165) is 68.3 Å².